The van der Waals surface area contributed by atoms with Gasteiger partial charge in [-0.1, -0.05) is 13.0 Å². The van der Waals surface area contributed by atoms with Crippen LogP contribution in [0, 0.1) is 29.4 Å². The molecule has 5 nitrogen and oxygen atoms in total. The normalized spacial score (nSPS) is 30.4. The van der Waals surface area contributed by atoms with Gasteiger partial charge >= 0.3 is 0 Å². The summed E-state index contributed by atoms with van der Waals surface area (Å²) in [6.07, 6.45) is 6.24. The maximum absolute atomic E-state index is 14.4. The van der Waals surface area contributed by atoms with Gasteiger partial charge in [0.1, 0.15) is 23.8 Å². The molecule has 2 saturated carbocycles. The SMILES string of the molecule is CC1C[C@]2(OCc3ncccn3)CC3C1C[C@@H]3c1cc(-c3c(F)cccc3F)nnc12. The van der Waals surface area contributed by atoms with Gasteiger partial charge in [0.25, 0.3) is 0 Å². The summed E-state index contributed by atoms with van der Waals surface area (Å²) in [5, 5.41) is 8.81. The molecule has 3 aromatic rings. The lowest BCUT2D eigenvalue weighted by atomic mass is 9.46. The standard InChI is InChI=1S/C24H22F2N4O/c1-13-10-24(31-12-21-27-6-3-7-28-21)11-17-14(13)8-15(17)16-9-20(29-30-23(16)24)22-18(25)4-2-5-19(22)26/h2-7,9,13-15,17H,8,10-12H2,1H3/t13?,14?,15-,17?,24+/m1/s1. The van der Waals surface area contributed by atoms with Gasteiger partial charge < -0.3 is 4.74 Å². The lowest BCUT2D eigenvalue weighted by molar-refractivity contribution is -0.168. The van der Waals surface area contributed by atoms with Crippen molar-refractivity contribution in [1.29, 1.82) is 0 Å². The summed E-state index contributed by atoms with van der Waals surface area (Å²) >= 11 is 0. The monoisotopic (exact) mass is 420 g/mol. The average Bonchev–Trinajstić information content (AvgIpc) is 2.74. The maximum atomic E-state index is 14.4. The minimum atomic E-state index is -0.627. The van der Waals surface area contributed by atoms with Gasteiger partial charge in [0.15, 0.2) is 5.82 Å². The Bertz CT molecular complexity index is 1140. The van der Waals surface area contributed by atoms with E-state index in [4.69, 9.17) is 4.74 Å². The summed E-state index contributed by atoms with van der Waals surface area (Å²) in [6.45, 7) is 2.58. The largest absolute Gasteiger partial charge is 0.361 e. The van der Waals surface area contributed by atoms with E-state index < -0.39 is 17.2 Å². The molecule has 3 aliphatic carbocycles. The first kappa shape index (κ1) is 18.9. The molecule has 0 radical (unpaired) electrons. The number of hydrogen-bond acceptors (Lipinski definition) is 5. The predicted octanol–water partition coefficient (Wildman–Crippen LogP) is 4.79. The fraction of sp³-hybridized carbons (Fsp3) is 0.417. The molecular formula is C24H22F2N4O. The highest BCUT2D eigenvalue weighted by Crippen LogP contribution is 2.66. The van der Waals surface area contributed by atoms with Crippen LogP contribution >= 0.6 is 0 Å². The molecule has 0 N–H and O–H groups in total. The molecule has 7 heteroatoms. The van der Waals surface area contributed by atoms with Gasteiger partial charge in [0, 0.05) is 12.4 Å². The summed E-state index contributed by atoms with van der Waals surface area (Å²) < 4.78 is 35.3. The Kier molecular flexibility index (Phi) is 4.18. The third-order valence-electron chi connectivity index (χ3n) is 7.51. The minimum Gasteiger partial charge on any atom is -0.361 e. The first-order valence-corrected chi connectivity index (χ1v) is 10.8. The molecule has 2 heterocycles. The van der Waals surface area contributed by atoms with Crippen LogP contribution in [0.3, 0.4) is 0 Å². The summed E-state index contributed by atoms with van der Waals surface area (Å²) in [5.74, 6) is 1.39. The molecule has 0 aliphatic heterocycles. The van der Waals surface area contributed by atoms with E-state index in [1.165, 1.54) is 18.2 Å². The molecular weight excluding hydrogens is 398 g/mol. The molecule has 6 rings (SSSR count). The maximum Gasteiger partial charge on any atom is 0.153 e. The Balaban J connectivity index is 1.43. The molecule has 158 valence electrons. The molecule has 3 aliphatic rings. The summed E-state index contributed by atoms with van der Waals surface area (Å²) in [4.78, 5) is 8.56. The van der Waals surface area contributed by atoms with Crippen molar-refractivity contribution >= 4 is 0 Å². The highest BCUT2D eigenvalue weighted by Gasteiger charge is 2.60. The number of nitrogens with zero attached hydrogens (tertiary/aromatic N) is 4. The highest BCUT2D eigenvalue weighted by atomic mass is 19.1. The highest BCUT2D eigenvalue weighted by molar-refractivity contribution is 5.62. The molecule has 1 aromatic carbocycles. The number of ether oxygens (including phenoxy) is 1. The number of halogens is 2. The second kappa shape index (κ2) is 6.85. The molecule has 2 aromatic heterocycles. The lowest BCUT2D eigenvalue weighted by Crippen LogP contribution is -2.55. The van der Waals surface area contributed by atoms with Crippen LogP contribution < -0.4 is 0 Å². The molecule has 0 amide bonds. The van der Waals surface area contributed by atoms with Crippen molar-refractivity contribution in [2.75, 3.05) is 0 Å². The Hall–Kier alpha value is -2.80. The van der Waals surface area contributed by atoms with Crippen molar-refractivity contribution in [1.82, 2.24) is 20.2 Å². The van der Waals surface area contributed by atoms with E-state index in [2.05, 4.69) is 27.1 Å². The fourth-order valence-electron chi connectivity index (χ4n) is 6.08. The van der Waals surface area contributed by atoms with Gasteiger partial charge in [-0.3, -0.25) is 0 Å². The van der Waals surface area contributed by atoms with Crippen LogP contribution in [0.4, 0.5) is 8.78 Å². The second-order valence-corrected chi connectivity index (χ2v) is 9.13. The molecule has 2 bridgehead atoms. The summed E-state index contributed by atoms with van der Waals surface area (Å²) in [7, 11) is 0. The van der Waals surface area contributed by atoms with Crippen molar-refractivity contribution in [3.63, 3.8) is 0 Å². The van der Waals surface area contributed by atoms with Crippen LogP contribution in [0.25, 0.3) is 11.3 Å². The smallest absolute Gasteiger partial charge is 0.153 e. The van der Waals surface area contributed by atoms with E-state index >= 15 is 0 Å². The predicted molar refractivity (Wildman–Crippen MR) is 109 cm³/mol. The van der Waals surface area contributed by atoms with E-state index in [0.29, 0.717) is 36.1 Å². The number of benzene rings is 1. The number of rotatable bonds is 4. The Labute approximate surface area is 178 Å². The molecule has 0 spiro atoms. The van der Waals surface area contributed by atoms with Gasteiger partial charge in [-0.15, -0.1) is 5.10 Å². The quantitative estimate of drug-likeness (QED) is 0.608. The third-order valence-corrected chi connectivity index (χ3v) is 7.51. The van der Waals surface area contributed by atoms with E-state index in [-0.39, 0.29) is 11.3 Å². The molecule has 5 atom stereocenters. The zero-order valence-corrected chi connectivity index (χ0v) is 17.1. The van der Waals surface area contributed by atoms with Gasteiger partial charge in [0.2, 0.25) is 0 Å². The van der Waals surface area contributed by atoms with Crippen LogP contribution in [0.2, 0.25) is 0 Å². The first-order valence-electron chi connectivity index (χ1n) is 10.8. The molecule has 3 unspecified atom stereocenters. The molecule has 31 heavy (non-hydrogen) atoms. The number of fused-ring (bicyclic) bond motifs is 4. The number of hydrogen-bond donors (Lipinski definition) is 0. The third kappa shape index (κ3) is 2.82. The summed E-state index contributed by atoms with van der Waals surface area (Å²) in [5.41, 5.74) is 1.40. The van der Waals surface area contributed by atoms with E-state index in [1.807, 2.05) is 6.07 Å². The molecule has 0 saturated heterocycles. The Morgan fingerprint density at radius 3 is 2.58 bits per heavy atom. The van der Waals surface area contributed by atoms with Crippen LogP contribution in [-0.2, 0) is 16.9 Å². The van der Waals surface area contributed by atoms with Gasteiger partial charge in [-0.2, -0.15) is 5.10 Å². The van der Waals surface area contributed by atoms with Crippen LogP contribution in [0.15, 0.2) is 42.7 Å². The zero-order valence-electron chi connectivity index (χ0n) is 17.1. The van der Waals surface area contributed by atoms with E-state index in [0.717, 1.165) is 30.5 Å². The van der Waals surface area contributed by atoms with Gasteiger partial charge in [-0.25, -0.2) is 18.7 Å². The Morgan fingerprint density at radius 1 is 1.03 bits per heavy atom. The number of aromatic nitrogens is 4. The minimum absolute atomic E-state index is 0.120. The van der Waals surface area contributed by atoms with Crippen molar-refractivity contribution in [3.05, 3.63) is 71.4 Å². The zero-order chi connectivity index (χ0) is 21.2. The fourth-order valence-corrected chi connectivity index (χ4v) is 6.08. The van der Waals surface area contributed by atoms with Crippen molar-refractivity contribution < 1.29 is 13.5 Å². The second-order valence-electron chi connectivity index (χ2n) is 9.13. The van der Waals surface area contributed by atoms with E-state index in [1.54, 1.807) is 18.5 Å². The average molecular weight is 420 g/mol. The first-order chi connectivity index (χ1) is 15.1. The van der Waals surface area contributed by atoms with Crippen molar-refractivity contribution in [2.45, 2.75) is 44.3 Å². The van der Waals surface area contributed by atoms with Crippen molar-refractivity contribution in [3.8, 4) is 11.3 Å². The van der Waals surface area contributed by atoms with Crippen LogP contribution in [0.5, 0.6) is 0 Å². The lowest BCUT2D eigenvalue weighted by Gasteiger charge is -2.60. The van der Waals surface area contributed by atoms with Crippen molar-refractivity contribution in [2.24, 2.45) is 17.8 Å². The topological polar surface area (TPSA) is 60.8 Å². The van der Waals surface area contributed by atoms with E-state index in [9.17, 15) is 8.78 Å². The van der Waals surface area contributed by atoms with Crippen LogP contribution in [-0.4, -0.2) is 20.2 Å². The Morgan fingerprint density at radius 2 is 1.81 bits per heavy atom. The van der Waals surface area contributed by atoms with Gasteiger partial charge in [0.05, 0.1) is 17.0 Å². The summed E-state index contributed by atoms with van der Waals surface area (Å²) in [6, 6.07) is 7.47. The van der Waals surface area contributed by atoms with Crippen LogP contribution in [0.1, 0.15) is 49.2 Å². The molecule has 2 fully saturated rings. The van der Waals surface area contributed by atoms with Gasteiger partial charge in [-0.05, 0) is 72.8 Å².